The molecule has 0 aliphatic rings. The predicted octanol–water partition coefficient (Wildman–Crippen LogP) is 0.330. The third kappa shape index (κ3) is 6.75. The van der Waals surface area contributed by atoms with Gasteiger partial charge in [-0.2, -0.15) is 25.3 Å². The largest absolute Gasteiger partial charge is 0.328 e. The molecular formula is C16H24N4O4S2. The normalized spacial score (nSPS) is 10.3. The van der Waals surface area contributed by atoms with Crippen molar-refractivity contribution in [3.05, 3.63) is 65.2 Å². The van der Waals surface area contributed by atoms with Gasteiger partial charge in [-0.05, 0) is 38.2 Å². The Hall–Kier alpha value is -1.94. The highest BCUT2D eigenvalue weighted by Crippen LogP contribution is 1.90. The topological polar surface area (TPSA) is 110 Å². The fourth-order valence-electron chi connectivity index (χ4n) is 2.05. The van der Waals surface area contributed by atoms with Crippen LogP contribution in [-0.2, 0) is 13.1 Å². The van der Waals surface area contributed by atoms with E-state index < -0.39 is 0 Å². The summed E-state index contributed by atoms with van der Waals surface area (Å²) < 4.78 is 2.99. The van der Waals surface area contributed by atoms with E-state index in [-0.39, 0.29) is 22.5 Å². The monoisotopic (exact) mass is 400 g/mol. The van der Waals surface area contributed by atoms with Gasteiger partial charge in [-0.25, -0.2) is 9.59 Å². The Balaban J connectivity index is 0.000000260. The maximum atomic E-state index is 11.2. The van der Waals surface area contributed by atoms with Crippen LogP contribution in [-0.4, -0.2) is 30.6 Å². The lowest BCUT2D eigenvalue weighted by atomic mass is 10.4. The summed E-state index contributed by atoms with van der Waals surface area (Å²) in [5, 5.41) is 0. The van der Waals surface area contributed by atoms with E-state index in [1.54, 1.807) is 26.2 Å². The molecule has 2 rings (SSSR count). The van der Waals surface area contributed by atoms with Crippen LogP contribution in [0.1, 0.15) is 24.0 Å². The number of rotatable bonds is 6. The molecule has 0 unspecified atom stereocenters. The van der Waals surface area contributed by atoms with Crippen LogP contribution in [0.15, 0.2) is 31.6 Å². The minimum absolute atomic E-state index is 0.313. The number of H-pyrrole nitrogens is 2. The summed E-state index contributed by atoms with van der Waals surface area (Å²) in [6, 6.07) is 0. The average molecular weight is 401 g/mol. The lowest BCUT2D eigenvalue weighted by molar-refractivity contribution is 0.632. The van der Waals surface area contributed by atoms with E-state index >= 15 is 0 Å². The first kappa shape index (κ1) is 22.1. The average Bonchev–Trinajstić information content (AvgIpc) is 2.59. The molecule has 0 atom stereocenters. The summed E-state index contributed by atoms with van der Waals surface area (Å²) >= 11 is 8.09. The molecule has 0 aromatic carbocycles. The first-order valence-corrected chi connectivity index (χ1v) is 9.39. The van der Waals surface area contributed by atoms with Gasteiger partial charge in [-0.15, -0.1) is 0 Å². The Morgan fingerprint density at radius 2 is 1.12 bits per heavy atom. The van der Waals surface area contributed by atoms with Crippen LogP contribution in [0.25, 0.3) is 0 Å². The fraction of sp³-hybridized carbons (Fsp3) is 0.500. The molecule has 2 aromatic heterocycles. The van der Waals surface area contributed by atoms with Crippen molar-refractivity contribution in [3.8, 4) is 0 Å². The van der Waals surface area contributed by atoms with E-state index in [1.807, 2.05) is 0 Å². The molecule has 0 saturated heterocycles. The number of hydrogen-bond acceptors (Lipinski definition) is 6. The first-order chi connectivity index (χ1) is 12.3. The van der Waals surface area contributed by atoms with Crippen molar-refractivity contribution in [1.29, 1.82) is 0 Å². The molecule has 0 aliphatic carbocycles. The molecule has 0 saturated carbocycles. The van der Waals surface area contributed by atoms with E-state index in [4.69, 9.17) is 0 Å². The van der Waals surface area contributed by atoms with Crippen LogP contribution < -0.4 is 22.5 Å². The minimum Gasteiger partial charge on any atom is -0.300 e. The summed E-state index contributed by atoms with van der Waals surface area (Å²) in [6.45, 7) is 4.55. The fourth-order valence-corrected chi connectivity index (χ4v) is 2.33. The molecule has 2 aromatic rings. The zero-order valence-corrected chi connectivity index (χ0v) is 16.6. The number of aromatic amines is 2. The molecular weight excluding hydrogens is 376 g/mol. The Morgan fingerprint density at radius 1 is 0.769 bits per heavy atom. The van der Waals surface area contributed by atoms with Crippen molar-refractivity contribution in [2.75, 3.05) is 11.5 Å². The number of aryl methyl sites for hydroxylation is 4. The van der Waals surface area contributed by atoms with Crippen molar-refractivity contribution in [3.63, 3.8) is 0 Å². The zero-order chi connectivity index (χ0) is 19.7. The molecule has 2 heterocycles. The van der Waals surface area contributed by atoms with E-state index in [1.165, 1.54) is 9.13 Å². The first-order valence-electron chi connectivity index (χ1n) is 8.12. The van der Waals surface area contributed by atoms with Crippen LogP contribution in [0.2, 0.25) is 0 Å². The zero-order valence-electron chi connectivity index (χ0n) is 14.8. The highest BCUT2D eigenvalue weighted by molar-refractivity contribution is 7.80. The Bertz CT molecular complexity index is 865. The number of thiol groups is 2. The lowest BCUT2D eigenvalue weighted by Crippen LogP contribution is -2.30. The maximum Gasteiger partial charge on any atom is 0.328 e. The summed E-state index contributed by atoms with van der Waals surface area (Å²) in [6.07, 6.45) is 4.78. The van der Waals surface area contributed by atoms with Gasteiger partial charge in [-0.1, -0.05) is 0 Å². The van der Waals surface area contributed by atoms with Crippen molar-refractivity contribution < 1.29 is 0 Å². The van der Waals surface area contributed by atoms with Crippen LogP contribution in [0.5, 0.6) is 0 Å². The molecule has 26 heavy (non-hydrogen) atoms. The van der Waals surface area contributed by atoms with E-state index in [0.717, 1.165) is 24.3 Å². The molecule has 0 bridgehead atoms. The Morgan fingerprint density at radius 3 is 1.42 bits per heavy atom. The smallest absolute Gasteiger partial charge is 0.300 e. The highest BCUT2D eigenvalue weighted by atomic mass is 32.1. The van der Waals surface area contributed by atoms with Gasteiger partial charge in [0.05, 0.1) is 0 Å². The summed E-state index contributed by atoms with van der Waals surface area (Å²) in [7, 11) is 0. The second kappa shape index (κ2) is 10.9. The van der Waals surface area contributed by atoms with Gasteiger partial charge in [-0.3, -0.25) is 19.6 Å². The summed E-state index contributed by atoms with van der Waals surface area (Å²) in [5.41, 5.74) is -0.216. The number of hydrogen-bond donors (Lipinski definition) is 4. The van der Waals surface area contributed by atoms with E-state index in [2.05, 4.69) is 35.2 Å². The predicted molar refractivity (Wildman–Crippen MR) is 109 cm³/mol. The maximum absolute atomic E-state index is 11.2. The second-order valence-corrected chi connectivity index (χ2v) is 6.58. The molecule has 0 aliphatic heterocycles. The molecule has 10 heteroatoms. The molecule has 2 N–H and O–H groups in total. The Kier molecular flexibility index (Phi) is 9.28. The third-order valence-corrected chi connectivity index (χ3v) is 4.12. The van der Waals surface area contributed by atoms with Crippen molar-refractivity contribution in [1.82, 2.24) is 19.1 Å². The van der Waals surface area contributed by atoms with E-state index in [0.29, 0.717) is 24.2 Å². The van der Waals surface area contributed by atoms with Gasteiger partial charge >= 0.3 is 11.4 Å². The molecule has 144 valence electrons. The number of nitrogens with zero attached hydrogens (tertiary/aromatic N) is 2. The SMILES string of the molecule is Cc1cn(CCCS)c(=O)[nH]c1=O.Cc1cn(CCCS)c(=O)[nH]c1=O. The van der Waals surface area contributed by atoms with Gasteiger partial charge in [0.2, 0.25) is 0 Å². The van der Waals surface area contributed by atoms with Gasteiger partial charge in [0, 0.05) is 36.6 Å². The van der Waals surface area contributed by atoms with Crippen molar-refractivity contribution in [2.24, 2.45) is 0 Å². The standard InChI is InChI=1S/2C8H12N2O2S/c2*1-6-5-10(3-2-4-13)8(12)9-7(6)11/h2*5,13H,2-4H2,1H3,(H,9,11,12). The van der Waals surface area contributed by atoms with Crippen LogP contribution >= 0.6 is 25.3 Å². The van der Waals surface area contributed by atoms with Gasteiger partial charge in [0.15, 0.2) is 0 Å². The molecule has 0 fully saturated rings. The van der Waals surface area contributed by atoms with Gasteiger partial charge in [0.1, 0.15) is 0 Å². The summed E-state index contributed by atoms with van der Waals surface area (Å²) in [5.74, 6) is 1.45. The molecule has 0 spiro atoms. The van der Waals surface area contributed by atoms with Crippen LogP contribution in [0.3, 0.4) is 0 Å². The molecule has 8 nitrogen and oxygen atoms in total. The number of aromatic nitrogens is 4. The molecule has 0 radical (unpaired) electrons. The van der Waals surface area contributed by atoms with Crippen LogP contribution in [0.4, 0.5) is 0 Å². The molecule has 0 amide bonds. The second-order valence-electron chi connectivity index (χ2n) is 5.68. The van der Waals surface area contributed by atoms with Gasteiger partial charge in [0.25, 0.3) is 11.1 Å². The van der Waals surface area contributed by atoms with Crippen LogP contribution in [0, 0.1) is 13.8 Å². The van der Waals surface area contributed by atoms with Crippen molar-refractivity contribution >= 4 is 25.3 Å². The van der Waals surface area contributed by atoms with Gasteiger partial charge < -0.3 is 9.13 Å². The quantitative estimate of drug-likeness (QED) is 0.524. The Labute approximate surface area is 161 Å². The van der Waals surface area contributed by atoms with E-state index in [9.17, 15) is 19.2 Å². The van der Waals surface area contributed by atoms with Crippen molar-refractivity contribution in [2.45, 2.75) is 39.8 Å². The third-order valence-electron chi connectivity index (χ3n) is 3.49. The highest BCUT2D eigenvalue weighted by Gasteiger charge is 2.00. The number of nitrogens with one attached hydrogen (secondary N) is 2. The minimum atomic E-state index is -0.350. The summed E-state index contributed by atoms with van der Waals surface area (Å²) in [4.78, 5) is 48.8. The lowest BCUT2D eigenvalue weighted by Gasteiger charge is -2.03.